The molecule has 1 fully saturated rings. The predicted molar refractivity (Wildman–Crippen MR) is 175 cm³/mol. The molecule has 1 N–H and O–H groups in total. The number of ketones is 1. The van der Waals surface area contributed by atoms with Crippen LogP contribution in [0, 0.1) is 5.82 Å². The van der Waals surface area contributed by atoms with Gasteiger partial charge in [0.1, 0.15) is 29.7 Å². The molecule has 8 nitrogen and oxygen atoms in total. The van der Waals surface area contributed by atoms with Crippen LogP contribution in [0.4, 0.5) is 9.52 Å². The smallest absolute Gasteiger partial charge is 0.301 e. The first-order valence-corrected chi connectivity index (χ1v) is 16.2. The zero-order chi connectivity index (χ0) is 32.0. The highest BCUT2D eigenvalue weighted by Gasteiger charge is 2.48. The fourth-order valence-electron chi connectivity index (χ4n) is 4.98. The van der Waals surface area contributed by atoms with Gasteiger partial charge in [-0.1, -0.05) is 77.7 Å². The van der Waals surface area contributed by atoms with Crippen molar-refractivity contribution in [1.29, 1.82) is 0 Å². The Morgan fingerprint density at radius 2 is 1.65 bits per heavy atom. The molecule has 46 heavy (non-hydrogen) atoms. The van der Waals surface area contributed by atoms with Crippen molar-refractivity contribution in [3.05, 3.63) is 137 Å². The van der Waals surface area contributed by atoms with E-state index in [1.807, 2.05) is 37.3 Å². The lowest BCUT2D eigenvalue weighted by Crippen LogP contribution is -2.29. The summed E-state index contributed by atoms with van der Waals surface area (Å²) in [4.78, 5) is 28.6. The lowest BCUT2D eigenvalue weighted by atomic mass is 9.95. The number of rotatable bonds is 11. The van der Waals surface area contributed by atoms with Gasteiger partial charge >= 0.3 is 5.91 Å². The molecule has 0 aliphatic carbocycles. The first kappa shape index (κ1) is 31.0. The number of amides is 1. The van der Waals surface area contributed by atoms with Crippen molar-refractivity contribution in [1.82, 2.24) is 10.2 Å². The summed E-state index contributed by atoms with van der Waals surface area (Å²) in [6.45, 7) is 2.67. The third-order valence-corrected chi connectivity index (χ3v) is 9.31. The van der Waals surface area contributed by atoms with Gasteiger partial charge in [-0.15, -0.1) is 10.2 Å². The second-order valence-corrected chi connectivity index (χ2v) is 12.4. The SMILES string of the molecule is CCOc1ccc(/C(O)=C2\C(=O)C(=O)N(c3nnc(SCc4ccc(F)cc4)s3)C2c2cccc(OCc3ccccc3)c2)cc1. The van der Waals surface area contributed by atoms with Crippen molar-refractivity contribution in [2.24, 2.45) is 0 Å². The number of aliphatic hydroxyl groups excluding tert-OH is 1. The van der Waals surface area contributed by atoms with Crippen molar-refractivity contribution in [2.45, 2.75) is 29.7 Å². The molecule has 1 atom stereocenters. The summed E-state index contributed by atoms with van der Waals surface area (Å²) in [6, 6.07) is 28.6. The van der Waals surface area contributed by atoms with Crippen molar-refractivity contribution < 1.29 is 28.6 Å². The number of aliphatic hydroxyl groups is 1. The largest absolute Gasteiger partial charge is 0.507 e. The van der Waals surface area contributed by atoms with E-state index in [0.29, 0.717) is 45.9 Å². The van der Waals surface area contributed by atoms with Crippen molar-refractivity contribution >= 4 is 45.7 Å². The van der Waals surface area contributed by atoms with Crippen LogP contribution in [0.3, 0.4) is 0 Å². The molecule has 232 valence electrons. The summed E-state index contributed by atoms with van der Waals surface area (Å²) in [7, 11) is 0. The Bertz CT molecular complexity index is 1880. The Balaban J connectivity index is 1.36. The normalized spacial score (nSPS) is 15.7. The lowest BCUT2D eigenvalue weighted by molar-refractivity contribution is -0.132. The topological polar surface area (TPSA) is 102 Å². The van der Waals surface area contributed by atoms with Gasteiger partial charge in [0, 0.05) is 11.3 Å². The second kappa shape index (κ2) is 14.0. The van der Waals surface area contributed by atoms with Gasteiger partial charge in [0.15, 0.2) is 4.34 Å². The summed E-state index contributed by atoms with van der Waals surface area (Å²) in [5.41, 5.74) is 2.70. The molecule has 1 aromatic heterocycles. The average molecular weight is 654 g/mol. The van der Waals surface area contributed by atoms with E-state index in [-0.39, 0.29) is 22.3 Å². The fraction of sp³-hybridized carbons (Fsp3) is 0.143. The molecule has 0 radical (unpaired) electrons. The minimum Gasteiger partial charge on any atom is -0.507 e. The Morgan fingerprint density at radius 1 is 0.891 bits per heavy atom. The maximum Gasteiger partial charge on any atom is 0.301 e. The summed E-state index contributed by atoms with van der Waals surface area (Å²) < 4.78 is 25.5. The number of Topliss-reactive ketones (excluding diaryl/α,β-unsaturated/α-hetero) is 1. The van der Waals surface area contributed by atoms with Crippen LogP contribution >= 0.6 is 23.1 Å². The van der Waals surface area contributed by atoms with Crippen molar-refractivity contribution in [3.63, 3.8) is 0 Å². The van der Waals surface area contributed by atoms with E-state index in [1.54, 1.807) is 60.7 Å². The summed E-state index contributed by atoms with van der Waals surface area (Å²) in [5, 5.41) is 20.3. The zero-order valence-corrected chi connectivity index (χ0v) is 26.3. The highest BCUT2D eigenvalue weighted by molar-refractivity contribution is 8.00. The molecule has 6 rings (SSSR count). The van der Waals surface area contributed by atoms with Gasteiger partial charge in [0.25, 0.3) is 5.78 Å². The number of halogens is 1. The standard InChI is InChI=1S/C35H28FN3O5S2/c1-2-43-27-17-13-24(14-18-27)31(40)29-30(25-9-6-10-28(19-25)44-20-22-7-4-3-5-8-22)39(33(42)32(29)41)34-37-38-35(46-34)45-21-23-11-15-26(36)16-12-23/h3-19,30,40H,2,20-21H2,1H3/b31-29+. The highest BCUT2D eigenvalue weighted by atomic mass is 32.2. The maximum absolute atomic E-state index is 13.7. The highest BCUT2D eigenvalue weighted by Crippen LogP contribution is 2.44. The van der Waals surface area contributed by atoms with Crippen molar-refractivity contribution in [3.8, 4) is 11.5 Å². The number of ether oxygens (including phenoxy) is 2. The first-order chi connectivity index (χ1) is 22.4. The molecule has 2 heterocycles. The number of benzene rings is 4. The van der Waals surface area contributed by atoms with E-state index < -0.39 is 17.7 Å². The van der Waals surface area contributed by atoms with E-state index >= 15 is 0 Å². The fourth-order valence-corrected chi connectivity index (χ4v) is 6.80. The van der Waals surface area contributed by atoms with E-state index in [2.05, 4.69) is 10.2 Å². The molecule has 0 spiro atoms. The molecule has 1 aliphatic rings. The summed E-state index contributed by atoms with van der Waals surface area (Å²) >= 11 is 2.53. The van der Waals surface area contributed by atoms with Crippen LogP contribution in [0.25, 0.3) is 5.76 Å². The Morgan fingerprint density at radius 3 is 2.39 bits per heavy atom. The number of thioether (sulfide) groups is 1. The Hall–Kier alpha value is -5.00. The number of anilines is 1. The number of hydrogen-bond donors (Lipinski definition) is 1. The number of hydrogen-bond acceptors (Lipinski definition) is 9. The van der Waals surface area contributed by atoms with Crippen molar-refractivity contribution in [2.75, 3.05) is 11.5 Å². The van der Waals surface area contributed by atoms with Gasteiger partial charge in [-0.2, -0.15) is 0 Å². The summed E-state index contributed by atoms with van der Waals surface area (Å²) in [6.07, 6.45) is 0. The van der Waals surface area contributed by atoms with Crippen LogP contribution < -0.4 is 14.4 Å². The third-order valence-electron chi connectivity index (χ3n) is 7.18. The van der Waals surface area contributed by atoms with Gasteiger partial charge in [-0.05, 0) is 72.1 Å². The number of nitrogens with zero attached hydrogens (tertiary/aromatic N) is 3. The Kier molecular flexibility index (Phi) is 9.41. The molecule has 5 aromatic rings. The van der Waals surface area contributed by atoms with Crippen LogP contribution in [-0.2, 0) is 21.9 Å². The van der Waals surface area contributed by atoms with E-state index in [9.17, 15) is 19.1 Å². The minimum absolute atomic E-state index is 0.0786. The maximum atomic E-state index is 13.7. The molecular weight excluding hydrogens is 626 g/mol. The number of carbonyl (C=O) groups is 2. The lowest BCUT2D eigenvalue weighted by Gasteiger charge is -2.23. The van der Waals surface area contributed by atoms with Gasteiger partial charge in [-0.25, -0.2) is 4.39 Å². The molecule has 1 aliphatic heterocycles. The molecule has 1 saturated heterocycles. The molecule has 1 amide bonds. The zero-order valence-electron chi connectivity index (χ0n) is 24.6. The predicted octanol–water partition coefficient (Wildman–Crippen LogP) is 7.57. The Labute approximate surface area is 273 Å². The van der Waals surface area contributed by atoms with Gasteiger partial charge in [0.05, 0.1) is 18.2 Å². The molecule has 11 heteroatoms. The van der Waals surface area contributed by atoms with Gasteiger partial charge in [0.2, 0.25) is 5.13 Å². The molecule has 1 unspecified atom stereocenters. The molecule has 0 bridgehead atoms. The third kappa shape index (κ3) is 6.80. The average Bonchev–Trinajstić information content (AvgIpc) is 3.66. The summed E-state index contributed by atoms with van der Waals surface area (Å²) in [5.74, 6) is -0.667. The number of carbonyl (C=O) groups excluding carboxylic acids is 2. The van der Waals surface area contributed by atoms with Crippen LogP contribution in [0.15, 0.2) is 113 Å². The van der Waals surface area contributed by atoms with Gasteiger partial charge < -0.3 is 14.6 Å². The molecule has 0 saturated carbocycles. The minimum atomic E-state index is -1.00. The van der Waals surface area contributed by atoms with E-state index in [0.717, 1.165) is 22.5 Å². The van der Waals surface area contributed by atoms with E-state index in [1.165, 1.54) is 28.8 Å². The molecule has 4 aromatic carbocycles. The van der Waals surface area contributed by atoms with Crippen LogP contribution in [0.2, 0.25) is 0 Å². The quantitative estimate of drug-likeness (QED) is 0.0512. The van der Waals surface area contributed by atoms with Crippen LogP contribution in [-0.4, -0.2) is 33.6 Å². The number of aromatic nitrogens is 2. The van der Waals surface area contributed by atoms with Gasteiger partial charge in [-0.3, -0.25) is 14.5 Å². The molecular formula is C35H28FN3O5S2. The van der Waals surface area contributed by atoms with Crippen LogP contribution in [0.1, 0.15) is 35.2 Å². The second-order valence-electron chi connectivity index (χ2n) is 10.2. The van der Waals surface area contributed by atoms with Crippen LogP contribution in [0.5, 0.6) is 11.5 Å². The first-order valence-electron chi connectivity index (χ1n) is 14.4. The van der Waals surface area contributed by atoms with E-state index in [4.69, 9.17) is 9.47 Å². The monoisotopic (exact) mass is 653 g/mol.